The fourth-order valence-corrected chi connectivity index (χ4v) is 3.93. The van der Waals surface area contributed by atoms with Gasteiger partial charge in [0.2, 0.25) is 0 Å². The van der Waals surface area contributed by atoms with Gasteiger partial charge in [-0.25, -0.2) is 9.79 Å². The molecule has 0 radical (unpaired) electrons. The Morgan fingerprint density at radius 3 is 2.57 bits per heavy atom. The summed E-state index contributed by atoms with van der Waals surface area (Å²) in [6, 6.07) is 8.96. The van der Waals surface area contributed by atoms with Crippen LogP contribution in [0, 0.1) is 0 Å². The fraction of sp³-hybridized carbons (Fsp3) is 0.429. The molecule has 2 aromatic rings. The number of aliphatic carboxylic acids is 1. The highest BCUT2D eigenvalue weighted by atomic mass is 19.4. The Balaban J connectivity index is 1.49. The lowest BCUT2D eigenvalue weighted by Crippen LogP contribution is -2.49. The highest BCUT2D eigenvalue weighted by molar-refractivity contribution is 6.00. The number of para-hydroxylation sites is 1. The molecule has 2 aliphatic rings. The molecule has 1 unspecified atom stereocenters. The molecular formula is C21H22F3N3O3. The minimum absolute atomic E-state index is 0.161. The van der Waals surface area contributed by atoms with Gasteiger partial charge in [0.05, 0.1) is 17.8 Å². The Hall–Kier alpha value is -2.97. The van der Waals surface area contributed by atoms with Gasteiger partial charge < -0.3 is 19.3 Å². The molecule has 1 saturated heterocycles. The molecule has 1 atom stereocenters. The minimum atomic E-state index is -4.47. The van der Waals surface area contributed by atoms with E-state index < -0.39 is 23.2 Å². The van der Waals surface area contributed by atoms with E-state index in [-0.39, 0.29) is 18.4 Å². The predicted octanol–water partition coefficient (Wildman–Crippen LogP) is 3.65. The molecule has 0 amide bonds. The Labute approximate surface area is 171 Å². The number of amidine groups is 1. The number of aliphatic imine (C=N–C) groups is 1. The molecule has 160 valence electrons. The van der Waals surface area contributed by atoms with Crippen LogP contribution in [-0.4, -0.2) is 51.1 Å². The van der Waals surface area contributed by atoms with Crippen LogP contribution < -0.4 is 4.74 Å². The van der Waals surface area contributed by atoms with Gasteiger partial charge in [0, 0.05) is 32.1 Å². The van der Waals surface area contributed by atoms with Crippen LogP contribution in [0.3, 0.4) is 0 Å². The van der Waals surface area contributed by atoms with Crippen molar-refractivity contribution in [3.05, 3.63) is 53.9 Å². The normalized spacial score (nSPS) is 22.4. The van der Waals surface area contributed by atoms with Gasteiger partial charge in [0.15, 0.2) is 5.54 Å². The lowest BCUT2D eigenvalue weighted by Gasteiger charge is -2.38. The van der Waals surface area contributed by atoms with Crippen molar-refractivity contribution >= 4 is 11.8 Å². The summed E-state index contributed by atoms with van der Waals surface area (Å²) in [5.41, 5.74) is -1.20. The van der Waals surface area contributed by atoms with E-state index in [9.17, 15) is 23.1 Å². The number of ether oxygens (including phenoxy) is 1. The second-order valence-electron chi connectivity index (χ2n) is 7.83. The van der Waals surface area contributed by atoms with Gasteiger partial charge in [-0.1, -0.05) is 12.1 Å². The lowest BCUT2D eigenvalue weighted by atomic mass is 10.0. The zero-order valence-electron chi connectivity index (χ0n) is 16.4. The van der Waals surface area contributed by atoms with Gasteiger partial charge in [-0.05, 0) is 31.2 Å². The van der Waals surface area contributed by atoms with Gasteiger partial charge in [-0.2, -0.15) is 13.2 Å². The van der Waals surface area contributed by atoms with Crippen molar-refractivity contribution < 1.29 is 27.8 Å². The molecule has 30 heavy (non-hydrogen) atoms. The van der Waals surface area contributed by atoms with Gasteiger partial charge in [-0.15, -0.1) is 0 Å². The number of rotatable bonds is 3. The van der Waals surface area contributed by atoms with Crippen molar-refractivity contribution in [1.29, 1.82) is 0 Å². The largest absolute Gasteiger partial charge is 0.490 e. The van der Waals surface area contributed by atoms with E-state index in [1.165, 1.54) is 18.2 Å². The van der Waals surface area contributed by atoms with Crippen LogP contribution in [-0.2, 0) is 17.5 Å². The number of carbonyl (C=O) groups is 1. The molecule has 0 bridgehead atoms. The molecule has 6 nitrogen and oxygen atoms in total. The number of alkyl halides is 3. The summed E-state index contributed by atoms with van der Waals surface area (Å²) in [4.78, 5) is 18.3. The first kappa shape index (κ1) is 20.3. The van der Waals surface area contributed by atoms with Gasteiger partial charge in [0.1, 0.15) is 17.7 Å². The van der Waals surface area contributed by atoms with Gasteiger partial charge in [0.25, 0.3) is 0 Å². The van der Waals surface area contributed by atoms with Crippen molar-refractivity contribution in [3.63, 3.8) is 0 Å². The summed E-state index contributed by atoms with van der Waals surface area (Å²) < 4.78 is 47.2. The molecule has 0 aliphatic carbocycles. The number of piperidine rings is 1. The number of likely N-dealkylation sites (tertiary alicyclic amines) is 1. The second kappa shape index (κ2) is 7.37. The monoisotopic (exact) mass is 421 g/mol. The Morgan fingerprint density at radius 1 is 1.20 bits per heavy atom. The van der Waals surface area contributed by atoms with Crippen LogP contribution >= 0.6 is 0 Å². The minimum Gasteiger partial charge on any atom is -0.490 e. The second-order valence-corrected chi connectivity index (χ2v) is 7.83. The molecule has 4 rings (SSSR count). The number of hydrogen-bond donors (Lipinski definition) is 1. The smallest absolute Gasteiger partial charge is 0.419 e. The Bertz CT molecular complexity index is 977. The van der Waals surface area contributed by atoms with E-state index in [0.717, 1.165) is 11.8 Å². The van der Waals surface area contributed by atoms with E-state index >= 15 is 0 Å². The Kier molecular flexibility index (Phi) is 4.99. The summed E-state index contributed by atoms with van der Waals surface area (Å²) in [5.74, 6) is -0.558. The maximum atomic E-state index is 13.2. The summed E-state index contributed by atoms with van der Waals surface area (Å²) in [6.45, 7) is 2.86. The first-order valence-corrected chi connectivity index (χ1v) is 9.74. The van der Waals surface area contributed by atoms with E-state index in [1.807, 2.05) is 27.8 Å². The number of nitrogens with zero attached hydrogens (tertiary/aromatic N) is 3. The SMILES string of the molecule is CC1(C(=O)O)Cn2cccc2C(N2CCC(Oc3ccccc3C(F)(F)F)CC2)=N1. The first-order valence-electron chi connectivity index (χ1n) is 9.74. The molecule has 1 N–H and O–H groups in total. The highest BCUT2D eigenvalue weighted by Crippen LogP contribution is 2.37. The number of carboxylic acid groups (broad SMARTS) is 1. The van der Waals surface area contributed by atoms with Crippen LogP contribution in [0.1, 0.15) is 31.0 Å². The summed E-state index contributed by atoms with van der Waals surface area (Å²) in [7, 11) is 0. The van der Waals surface area contributed by atoms with Crippen molar-refractivity contribution in [2.45, 2.75) is 44.1 Å². The Morgan fingerprint density at radius 2 is 1.90 bits per heavy atom. The van der Waals surface area contributed by atoms with Crippen LogP contribution in [0.4, 0.5) is 13.2 Å². The van der Waals surface area contributed by atoms with E-state index in [2.05, 4.69) is 4.99 Å². The topological polar surface area (TPSA) is 67.1 Å². The number of halogens is 3. The lowest BCUT2D eigenvalue weighted by molar-refractivity contribution is -0.143. The molecule has 1 aromatic heterocycles. The summed E-state index contributed by atoms with van der Waals surface area (Å²) in [5, 5.41) is 9.62. The molecule has 2 aliphatic heterocycles. The molecule has 0 saturated carbocycles. The maximum Gasteiger partial charge on any atom is 0.419 e. The fourth-order valence-electron chi connectivity index (χ4n) is 3.93. The van der Waals surface area contributed by atoms with E-state index in [0.29, 0.717) is 31.8 Å². The third kappa shape index (κ3) is 3.76. The van der Waals surface area contributed by atoms with Gasteiger partial charge in [-0.3, -0.25) is 0 Å². The highest BCUT2D eigenvalue weighted by Gasteiger charge is 2.40. The van der Waals surface area contributed by atoms with Crippen LogP contribution in [0.5, 0.6) is 5.75 Å². The quantitative estimate of drug-likeness (QED) is 0.822. The molecule has 3 heterocycles. The standard InChI is InChI=1S/C21H22F3N3O3/c1-20(19(28)29)13-27-10-4-6-16(27)18(25-20)26-11-8-14(9-12-26)30-17-7-3-2-5-15(17)21(22,23)24/h2-7,10,14H,8-9,11-13H2,1H3,(H,28,29). The zero-order chi connectivity index (χ0) is 21.5. The molecular weight excluding hydrogens is 399 g/mol. The van der Waals surface area contributed by atoms with Crippen molar-refractivity contribution in [1.82, 2.24) is 9.47 Å². The van der Waals surface area contributed by atoms with E-state index in [1.54, 1.807) is 6.92 Å². The molecule has 1 fully saturated rings. The molecule has 9 heteroatoms. The number of benzene rings is 1. The average Bonchev–Trinajstić information content (AvgIpc) is 3.15. The van der Waals surface area contributed by atoms with Crippen molar-refractivity contribution in [2.75, 3.05) is 13.1 Å². The van der Waals surface area contributed by atoms with Crippen molar-refractivity contribution in [3.8, 4) is 5.75 Å². The number of carboxylic acids is 1. The number of hydrogen-bond acceptors (Lipinski definition) is 4. The van der Waals surface area contributed by atoms with Crippen LogP contribution in [0.25, 0.3) is 0 Å². The third-order valence-corrected chi connectivity index (χ3v) is 5.58. The molecule has 0 spiro atoms. The number of fused-ring (bicyclic) bond motifs is 1. The molecule has 1 aromatic carbocycles. The average molecular weight is 421 g/mol. The van der Waals surface area contributed by atoms with Crippen LogP contribution in [0.15, 0.2) is 47.6 Å². The third-order valence-electron chi connectivity index (χ3n) is 5.58. The van der Waals surface area contributed by atoms with Crippen LogP contribution in [0.2, 0.25) is 0 Å². The first-order chi connectivity index (χ1) is 14.2. The number of aromatic nitrogens is 1. The zero-order valence-corrected chi connectivity index (χ0v) is 16.4. The summed E-state index contributed by atoms with van der Waals surface area (Å²) in [6.07, 6.45) is -1.98. The maximum absolute atomic E-state index is 13.2. The summed E-state index contributed by atoms with van der Waals surface area (Å²) >= 11 is 0. The van der Waals surface area contributed by atoms with E-state index in [4.69, 9.17) is 4.74 Å². The van der Waals surface area contributed by atoms with Crippen molar-refractivity contribution in [2.24, 2.45) is 4.99 Å². The van der Waals surface area contributed by atoms with Gasteiger partial charge >= 0.3 is 12.1 Å². The predicted molar refractivity (Wildman–Crippen MR) is 104 cm³/mol.